The molecule has 1 N–H and O–H groups in total. The number of aromatic nitrogens is 2. The highest BCUT2D eigenvalue weighted by atomic mass is 35.5. The Balaban J connectivity index is 1.67. The van der Waals surface area contributed by atoms with Crippen molar-refractivity contribution in [3.05, 3.63) is 108 Å². The third-order valence-corrected chi connectivity index (χ3v) is 6.80. The molecule has 6 nitrogen and oxygen atoms in total. The molecule has 7 heteroatoms. The van der Waals surface area contributed by atoms with Crippen molar-refractivity contribution in [1.29, 1.82) is 0 Å². The number of rotatable bonds is 6. The van der Waals surface area contributed by atoms with Crippen LogP contribution in [-0.4, -0.2) is 21.2 Å². The predicted octanol–water partition coefficient (Wildman–Crippen LogP) is 8.04. The van der Waals surface area contributed by atoms with Gasteiger partial charge in [0.05, 0.1) is 5.52 Å². The minimum atomic E-state index is -0.786. The lowest BCUT2D eigenvalue weighted by atomic mass is 9.86. The highest BCUT2D eigenvalue weighted by Crippen LogP contribution is 2.42. The van der Waals surface area contributed by atoms with Crippen LogP contribution in [0.15, 0.2) is 95.7 Å². The van der Waals surface area contributed by atoms with Crippen molar-refractivity contribution in [2.45, 2.75) is 45.2 Å². The van der Waals surface area contributed by atoms with Crippen molar-refractivity contribution in [2.24, 2.45) is 0 Å². The molecule has 2 heterocycles. The van der Waals surface area contributed by atoms with Gasteiger partial charge in [-0.25, -0.2) is 9.78 Å². The maximum Gasteiger partial charge on any atom is 0.413 e. The zero-order valence-electron chi connectivity index (χ0n) is 21.9. The van der Waals surface area contributed by atoms with Gasteiger partial charge >= 0.3 is 6.09 Å². The molecule has 2 aromatic heterocycles. The molecule has 38 heavy (non-hydrogen) atoms. The van der Waals surface area contributed by atoms with Gasteiger partial charge in [0.25, 0.3) is 0 Å². The number of halogens is 1. The van der Waals surface area contributed by atoms with Crippen molar-refractivity contribution >= 4 is 28.6 Å². The van der Waals surface area contributed by atoms with Crippen LogP contribution < -0.4 is 10.1 Å². The summed E-state index contributed by atoms with van der Waals surface area (Å²) in [7, 11) is 0. The van der Waals surface area contributed by atoms with Gasteiger partial charge in [0.1, 0.15) is 23.2 Å². The molecule has 0 saturated heterocycles. The van der Waals surface area contributed by atoms with Gasteiger partial charge in [-0.15, -0.1) is 0 Å². The quantitative estimate of drug-likeness (QED) is 0.242. The van der Waals surface area contributed by atoms with Gasteiger partial charge in [-0.05, 0) is 63.1 Å². The standard InChI is InChI=1S/C31H30ClN3O3/c1-5-31(22-14-16-23(32)17-15-22,28-33-25(20-37-28)21-10-7-6-8-11-21)35-19-18-24-26(35)12-9-13-27(24)38-29(36)34-30(2,3)4/h6-20H,5H2,1-4H3,(H,34,36). The summed E-state index contributed by atoms with van der Waals surface area (Å²) in [5.74, 6) is 1.02. The molecule has 0 aliphatic heterocycles. The SMILES string of the molecule is CCC(c1ccc(Cl)cc1)(c1nc(-c2ccccc2)co1)n1ccc2c(OC(=O)NC(C)(C)C)cccc21. The summed E-state index contributed by atoms with van der Waals surface area (Å²) in [6.45, 7) is 7.83. The number of carbonyl (C=O) groups is 1. The fraction of sp³-hybridized carbons (Fsp3) is 0.226. The van der Waals surface area contributed by atoms with E-state index in [1.54, 1.807) is 12.3 Å². The molecule has 194 valence electrons. The number of amides is 1. The lowest BCUT2D eigenvalue weighted by Crippen LogP contribution is -2.42. The molecule has 3 aromatic carbocycles. The summed E-state index contributed by atoms with van der Waals surface area (Å²) in [6.07, 6.45) is 3.83. The van der Waals surface area contributed by atoms with E-state index >= 15 is 0 Å². The number of ether oxygens (including phenoxy) is 1. The molecular formula is C31H30ClN3O3. The first-order chi connectivity index (χ1) is 18.2. The Morgan fingerprint density at radius 2 is 1.74 bits per heavy atom. The molecular weight excluding hydrogens is 498 g/mol. The first kappa shape index (κ1) is 25.6. The van der Waals surface area contributed by atoms with Gasteiger partial charge in [0.2, 0.25) is 5.89 Å². The molecule has 0 aliphatic rings. The number of carbonyl (C=O) groups excluding carboxylic acids is 1. The zero-order chi connectivity index (χ0) is 26.9. The highest BCUT2D eigenvalue weighted by Gasteiger charge is 2.40. The van der Waals surface area contributed by atoms with Crippen molar-refractivity contribution in [2.75, 3.05) is 0 Å². The van der Waals surface area contributed by atoms with Crippen molar-refractivity contribution in [1.82, 2.24) is 14.9 Å². The molecule has 0 radical (unpaired) electrons. The maximum absolute atomic E-state index is 12.6. The molecule has 0 bridgehead atoms. The summed E-state index contributed by atoms with van der Waals surface area (Å²) in [5, 5.41) is 4.30. The lowest BCUT2D eigenvalue weighted by Gasteiger charge is -2.33. The van der Waals surface area contributed by atoms with Gasteiger partial charge < -0.3 is 19.0 Å². The second kappa shape index (κ2) is 10.0. The number of oxazole rings is 1. The van der Waals surface area contributed by atoms with Crippen molar-refractivity contribution in [3.63, 3.8) is 0 Å². The van der Waals surface area contributed by atoms with E-state index in [1.807, 2.05) is 99.8 Å². The van der Waals surface area contributed by atoms with Crippen LogP contribution in [0.1, 0.15) is 45.6 Å². The number of benzene rings is 3. The molecule has 0 saturated carbocycles. The summed E-state index contributed by atoms with van der Waals surface area (Å²) in [5.41, 5.74) is 2.38. The van der Waals surface area contributed by atoms with Crippen molar-refractivity contribution in [3.8, 4) is 17.0 Å². The van der Waals surface area contributed by atoms with E-state index in [0.29, 0.717) is 23.1 Å². The molecule has 0 spiro atoms. The first-order valence-electron chi connectivity index (χ1n) is 12.6. The Labute approximate surface area is 227 Å². The van der Waals surface area contributed by atoms with Crippen LogP contribution in [0.25, 0.3) is 22.2 Å². The minimum Gasteiger partial charge on any atom is -0.445 e. The largest absolute Gasteiger partial charge is 0.445 e. The van der Waals surface area contributed by atoms with Crippen LogP contribution in [0.3, 0.4) is 0 Å². The number of hydrogen-bond acceptors (Lipinski definition) is 4. The Hall–Kier alpha value is -4.03. The summed E-state index contributed by atoms with van der Waals surface area (Å²) >= 11 is 6.27. The second-order valence-corrected chi connectivity index (χ2v) is 10.7. The zero-order valence-corrected chi connectivity index (χ0v) is 22.6. The summed E-state index contributed by atoms with van der Waals surface area (Å²) in [6, 6.07) is 25.3. The van der Waals surface area contributed by atoms with Gasteiger partial charge in [-0.2, -0.15) is 0 Å². The second-order valence-electron chi connectivity index (χ2n) is 10.3. The molecule has 1 atom stereocenters. The van der Waals surface area contributed by atoms with E-state index in [1.165, 1.54) is 0 Å². The van der Waals surface area contributed by atoms with Crippen LogP contribution in [0.2, 0.25) is 5.02 Å². The van der Waals surface area contributed by atoms with Crippen LogP contribution in [0, 0.1) is 0 Å². The third-order valence-electron chi connectivity index (χ3n) is 6.54. The average Bonchev–Trinajstić information content (AvgIpc) is 3.55. The van der Waals surface area contributed by atoms with E-state index in [2.05, 4.69) is 16.8 Å². The Kier molecular flexibility index (Phi) is 6.76. The van der Waals surface area contributed by atoms with E-state index in [4.69, 9.17) is 25.7 Å². The van der Waals surface area contributed by atoms with Gasteiger partial charge in [-0.3, -0.25) is 0 Å². The minimum absolute atomic E-state index is 0.412. The van der Waals surface area contributed by atoms with Crippen LogP contribution >= 0.6 is 11.6 Å². The molecule has 5 aromatic rings. The topological polar surface area (TPSA) is 69.3 Å². The van der Waals surface area contributed by atoms with Crippen LogP contribution in [0.5, 0.6) is 5.75 Å². The van der Waals surface area contributed by atoms with Crippen LogP contribution in [0.4, 0.5) is 4.79 Å². The van der Waals surface area contributed by atoms with E-state index < -0.39 is 17.2 Å². The Bertz CT molecular complexity index is 1570. The van der Waals surface area contributed by atoms with Gasteiger partial charge in [-0.1, -0.05) is 67.1 Å². The van der Waals surface area contributed by atoms with Crippen molar-refractivity contribution < 1.29 is 13.9 Å². The molecule has 1 unspecified atom stereocenters. The third kappa shape index (κ3) is 4.79. The number of fused-ring (bicyclic) bond motifs is 1. The molecule has 5 rings (SSSR count). The predicted molar refractivity (Wildman–Crippen MR) is 151 cm³/mol. The molecule has 1 amide bonds. The Morgan fingerprint density at radius 1 is 1.00 bits per heavy atom. The van der Waals surface area contributed by atoms with Gasteiger partial charge in [0, 0.05) is 27.7 Å². The first-order valence-corrected chi connectivity index (χ1v) is 13.0. The average molecular weight is 528 g/mol. The van der Waals surface area contributed by atoms with Crippen LogP contribution in [-0.2, 0) is 5.54 Å². The van der Waals surface area contributed by atoms with E-state index in [9.17, 15) is 4.79 Å². The number of nitrogens with zero attached hydrogens (tertiary/aromatic N) is 2. The fourth-order valence-electron chi connectivity index (χ4n) is 4.81. The smallest absolute Gasteiger partial charge is 0.413 e. The Morgan fingerprint density at radius 3 is 2.42 bits per heavy atom. The monoisotopic (exact) mass is 527 g/mol. The lowest BCUT2D eigenvalue weighted by molar-refractivity contribution is 0.191. The molecule has 0 fully saturated rings. The van der Waals surface area contributed by atoms with E-state index in [-0.39, 0.29) is 0 Å². The highest BCUT2D eigenvalue weighted by molar-refractivity contribution is 6.30. The normalized spacial score (nSPS) is 13.3. The number of nitrogens with one attached hydrogen (secondary N) is 1. The fourth-order valence-corrected chi connectivity index (χ4v) is 4.94. The maximum atomic E-state index is 12.6. The van der Waals surface area contributed by atoms with Gasteiger partial charge in [0.15, 0.2) is 0 Å². The number of hydrogen-bond donors (Lipinski definition) is 1. The molecule has 0 aliphatic carbocycles. The van der Waals surface area contributed by atoms with E-state index in [0.717, 1.165) is 27.7 Å². The summed E-state index contributed by atoms with van der Waals surface area (Å²) in [4.78, 5) is 17.5. The summed E-state index contributed by atoms with van der Waals surface area (Å²) < 4.78 is 14.1.